The van der Waals surface area contributed by atoms with Gasteiger partial charge in [-0.15, -0.1) is 6.58 Å². The van der Waals surface area contributed by atoms with Crippen molar-refractivity contribution in [1.82, 2.24) is 10.3 Å². The monoisotopic (exact) mass is 222 g/mol. The van der Waals surface area contributed by atoms with E-state index in [-0.39, 0.29) is 17.9 Å². The number of nitrogen functional groups attached to an aromatic ring is 1. The second kappa shape index (κ2) is 4.87. The number of carbonyl (C=O) groups excluding carboxylic acids is 1. The van der Waals surface area contributed by atoms with E-state index in [2.05, 4.69) is 16.9 Å². The molecule has 0 aromatic carbocycles. The Kier molecular flexibility index (Phi) is 3.54. The first kappa shape index (κ1) is 11.6. The second-order valence-corrected chi connectivity index (χ2v) is 2.85. The minimum atomic E-state index is -0.731. The van der Waals surface area contributed by atoms with Gasteiger partial charge in [-0.05, 0) is 6.07 Å². The highest BCUT2D eigenvalue weighted by Gasteiger charge is 2.24. The molecule has 0 radical (unpaired) electrons. The molecule has 3 N–H and O–H groups in total. The highest BCUT2D eigenvalue weighted by Crippen LogP contribution is 2.23. The van der Waals surface area contributed by atoms with Crippen LogP contribution in [0.1, 0.15) is 10.5 Å². The lowest BCUT2D eigenvalue weighted by atomic mass is 10.2. The van der Waals surface area contributed by atoms with Gasteiger partial charge in [-0.2, -0.15) is 0 Å². The molecule has 0 aliphatic rings. The number of pyridine rings is 1. The SMILES string of the molecule is C=CCNC(=O)c1nccc(N)c1[N+](=O)[O-]. The van der Waals surface area contributed by atoms with Gasteiger partial charge in [0.1, 0.15) is 5.69 Å². The molecule has 1 heterocycles. The molecule has 16 heavy (non-hydrogen) atoms. The number of aromatic nitrogens is 1. The Labute approximate surface area is 91.1 Å². The number of nitrogens with two attached hydrogens (primary N) is 1. The minimum absolute atomic E-state index is 0.0937. The van der Waals surface area contributed by atoms with E-state index in [1.54, 1.807) is 0 Å². The number of nitro groups is 1. The van der Waals surface area contributed by atoms with Crippen molar-refractivity contribution in [3.63, 3.8) is 0 Å². The van der Waals surface area contributed by atoms with Gasteiger partial charge < -0.3 is 11.1 Å². The Morgan fingerprint density at radius 3 is 3.00 bits per heavy atom. The van der Waals surface area contributed by atoms with Gasteiger partial charge in [-0.3, -0.25) is 14.9 Å². The fourth-order valence-corrected chi connectivity index (χ4v) is 1.08. The van der Waals surface area contributed by atoms with Crippen molar-refractivity contribution in [1.29, 1.82) is 0 Å². The molecule has 0 unspecified atom stereocenters. The zero-order valence-corrected chi connectivity index (χ0v) is 8.34. The average Bonchev–Trinajstić information content (AvgIpc) is 2.24. The Morgan fingerprint density at radius 2 is 2.44 bits per heavy atom. The normalized spacial score (nSPS) is 9.50. The molecule has 0 spiro atoms. The number of hydrogen-bond donors (Lipinski definition) is 2. The largest absolute Gasteiger partial charge is 0.393 e. The number of rotatable bonds is 4. The van der Waals surface area contributed by atoms with Crippen LogP contribution in [-0.2, 0) is 0 Å². The molecule has 1 aromatic heterocycles. The van der Waals surface area contributed by atoms with Crippen molar-refractivity contribution < 1.29 is 9.72 Å². The van der Waals surface area contributed by atoms with Gasteiger partial charge in [0, 0.05) is 12.7 Å². The van der Waals surface area contributed by atoms with Gasteiger partial charge in [0.25, 0.3) is 5.91 Å². The molecule has 1 rings (SSSR count). The molecule has 0 atom stereocenters. The van der Waals surface area contributed by atoms with Crippen LogP contribution < -0.4 is 11.1 Å². The molecular weight excluding hydrogens is 212 g/mol. The van der Waals surface area contributed by atoms with Gasteiger partial charge in [-0.1, -0.05) is 6.08 Å². The standard InChI is InChI=1S/C9H10N4O3/c1-2-4-12-9(14)7-8(13(15)16)6(10)3-5-11-7/h2-3,5H,1,4H2,(H2,10,11)(H,12,14). The zero-order chi connectivity index (χ0) is 12.1. The van der Waals surface area contributed by atoms with Crippen LogP contribution in [-0.4, -0.2) is 22.4 Å². The molecule has 0 saturated carbocycles. The Hall–Kier alpha value is -2.44. The van der Waals surface area contributed by atoms with Crippen molar-refractivity contribution >= 4 is 17.3 Å². The van der Waals surface area contributed by atoms with E-state index in [9.17, 15) is 14.9 Å². The summed E-state index contributed by atoms with van der Waals surface area (Å²) in [6.45, 7) is 3.61. The maximum Gasteiger partial charge on any atom is 0.323 e. The van der Waals surface area contributed by atoms with E-state index in [0.29, 0.717) is 0 Å². The summed E-state index contributed by atoms with van der Waals surface area (Å²) in [5.74, 6) is -0.654. The topological polar surface area (TPSA) is 111 Å². The summed E-state index contributed by atoms with van der Waals surface area (Å²) in [4.78, 5) is 25.1. The summed E-state index contributed by atoms with van der Waals surface area (Å²) >= 11 is 0. The lowest BCUT2D eigenvalue weighted by molar-refractivity contribution is -0.384. The van der Waals surface area contributed by atoms with Gasteiger partial charge in [-0.25, -0.2) is 4.98 Å². The van der Waals surface area contributed by atoms with E-state index in [1.165, 1.54) is 18.3 Å². The molecule has 0 bridgehead atoms. The average molecular weight is 222 g/mol. The van der Waals surface area contributed by atoms with Gasteiger partial charge in [0.2, 0.25) is 5.69 Å². The van der Waals surface area contributed by atoms with E-state index in [1.807, 2.05) is 0 Å². The van der Waals surface area contributed by atoms with Crippen LogP contribution in [0.3, 0.4) is 0 Å². The van der Waals surface area contributed by atoms with Crippen LogP contribution in [0.2, 0.25) is 0 Å². The first-order chi connectivity index (χ1) is 7.57. The van der Waals surface area contributed by atoms with E-state index in [4.69, 9.17) is 5.73 Å². The summed E-state index contributed by atoms with van der Waals surface area (Å²) < 4.78 is 0. The van der Waals surface area contributed by atoms with Gasteiger partial charge >= 0.3 is 5.69 Å². The predicted molar refractivity (Wildman–Crippen MR) is 57.8 cm³/mol. The van der Waals surface area contributed by atoms with E-state index in [0.717, 1.165) is 0 Å². The number of nitrogens with one attached hydrogen (secondary N) is 1. The summed E-state index contributed by atoms with van der Waals surface area (Å²) in [7, 11) is 0. The van der Waals surface area contributed by atoms with Crippen LogP contribution >= 0.6 is 0 Å². The van der Waals surface area contributed by atoms with Crippen molar-refractivity contribution in [3.05, 3.63) is 40.7 Å². The van der Waals surface area contributed by atoms with Gasteiger partial charge in [0.05, 0.1) is 4.92 Å². The lowest BCUT2D eigenvalue weighted by Crippen LogP contribution is -2.25. The van der Waals surface area contributed by atoms with Gasteiger partial charge in [0.15, 0.2) is 0 Å². The van der Waals surface area contributed by atoms with Crippen molar-refractivity contribution in [2.45, 2.75) is 0 Å². The maximum atomic E-state index is 11.5. The van der Waals surface area contributed by atoms with Crippen molar-refractivity contribution in [3.8, 4) is 0 Å². The summed E-state index contributed by atoms with van der Waals surface area (Å²) in [6, 6.07) is 1.27. The van der Waals surface area contributed by atoms with Crippen LogP contribution in [0.4, 0.5) is 11.4 Å². The summed E-state index contributed by atoms with van der Waals surface area (Å²) in [5.41, 5.74) is 4.53. The highest BCUT2D eigenvalue weighted by atomic mass is 16.6. The second-order valence-electron chi connectivity index (χ2n) is 2.85. The quantitative estimate of drug-likeness (QED) is 0.437. The first-order valence-corrected chi connectivity index (χ1v) is 4.36. The minimum Gasteiger partial charge on any atom is -0.393 e. The molecule has 0 aliphatic carbocycles. The van der Waals surface area contributed by atoms with Crippen molar-refractivity contribution in [2.24, 2.45) is 0 Å². The third-order valence-corrected chi connectivity index (χ3v) is 1.76. The Bertz CT molecular complexity index is 444. The van der Waals surface area contributed by atoms with Crippen LogP contribution in [0.5, 0.6) is 0 Å². The van der Waals surface area contributed by atoms with E-state index >= 15 is 0 Å². The van der Waals surface area contributed by atoms with Crippen LogP contribution in [0.25, 0.3) is 0 Å². The summed E-state index contributed by atoms with van der Waals surface area (Å²) in [6.07, 6.45) is 2.70. The van der Waals surface area contributed by atoms with Crippen LogP contribution in [0, 0.1) is 10.1 Å². The smallest absolute Gasteiger partial charge is 0.323 e. The third-order valence-electron chi connectivity index (χ3n) is 1.76. The molecular formula is C9H10N4O3. The zero-order valence-electron chi connectivity index (χ0n) is 8.34. The fourth-order valence-electron chi connectivity index (χ4n) is 1.08. The van der Waals surface area contributed by atoms with Crippen LogP contribution in [0.15, 0.2) is 24.9 Å². The predicted octanol–water partition coefficient (Wildman–Crippen LogP) is 0.488. The Morgan fingerprint density at radius 1 is 1.75 bits per heavy atom. The highest BCUT2D eigenvalue weighted by molar-refractivity contribution is 5.98. The molecule has 1 amide bonds. The fraction of sp³-hybridized carbons (Fsp3) is 0.111. The molecule has 7 nitrogen and oxygen atoms in total. The molecule has 0 saturated heterocycles. The number of amides is 1. The van der Waals surface area contributed by atoms with E-state index < -0.39 is 16.5 Å². The maximum absolute atomic E-state index is 11.5. The lowest BCUT2D eigenvalue weighted by Gasteiger charge is -2.03. The molecule has 1 aromatic rings. The number of hydrogen-bond acceptors (Lipinski definition) is 5. The number of anilines is 1. The number of nitrogens with zero attached hydrogens (tertiary/aromatic N) is 2. The molecule has 0 fully saturated rings. The van der Waals surface area contributed by atoms with Crippen molar-refractivity contribution in [2.75, 3.05) is 12.3 Å². The molecule has 0 aliphatic heterocycles. The molecule has 84 valence electrons. The third kappa shape index (κ3) is 2.32. The Balaban J connectivity index is 3.12. The number of carbonyl (C=O) groups is 1. The first-order valence-electron chi connectivity index (χ1n) is 4.36. The molecule has 7 heteroatoms. The summed E-state index contributed by atoms with van der Waals surface area (Å²) in [5, 5.41) is 13.1.